The first-order chi connectivity index (χ1) is 10.9. The fourth-order valence-corrected chi connectivity index (χ4v) is 3.11. The quantitative estimate of drug-likeness (QED) is 0.814. The minimum absolute atomic E-state index is 0. The van der Waals surface area contributed by atoms with E-state index < -0.39 is 5.97 Å². The van der Waals surface area contributed by atoms with Crippen molar-refractivity contribution < 1.29 is 14.6 Å². The lowest BCUT2D eigenvalue weighted by atomic mass is 10.0. The van der Waals surface area contributed by atoms with Gasteiger partial charge in [0, 0.05) is 12.6 Å². The lowest BCUT2D eigenvalue weighted by Gasteiger charge is -2.36. The third-order valence-electron chi connectivity index (χ3n) is 4.24. The topological polar surface area (TPSA) is 53.0 Å². The first-order valence-corrected chi connectivity index (χ1v) is 8.34. The van der Waals surface area contributed by atoms with Crippen LogP contribution >= 0.6 is 12.4 Å². The van der Waals surface area contributed by atoms with Gasteiger partial charge in [-0.1, -0.05) is 12.1 Å². The predicted molar refractivity (Wildman–Crippen MR) is 98.0 cm³/mol. The van der Waals surface area contributed by atoms with Crippen molar-refractivity contribution in [3.63, 3.8) is 0 Å². The molecule has 0 unspecified atom stereocenters. The fourth-order valence-electron chi connectivity index (χ4n) is 3.11. The second kappa shape index (κ2) is 9.87. The minimum Gasteiger partial charge on any atom is -0.491 e. The maximum absolute atomic E-state index is 10.8. The number of aliphatic carboxylic acids is 1. The molecule has 1 heterocycles. The summed E-state index contributed by atoms with van der Waals surface area (Å²) >= 11 is 0. The molecule has 0 atom stereocenters. The largest absolute Gasteiger partial charge is 0.491 e. The van der Waals surface area contributed by atoms with Crippen LogP contribution in [0, 0.1) is 0 Å². The Bertz CT molecular complexity index is 517. The molecule has 0 saturated carbocycles. The number of rotatable bonds is 7. The Labute approximate surface area is 151 Å². The first-order valence-electron chi connectivity index (χ1n) is 8.34. The SMILES string of the molecule is CC(C)Oc1cccc(CN2CCC(N(C)CC(=O)O)CC2)c1.Cl. The van der Waals surface area contributed by atoms with Gasteiger partial charge in [-0.05, 0) is 64.5 Å². The highest BCUT2D eigenvalue weighted by atomic mass is 35.5. The summed E-state index contributed by atoms with van der Waals surface area (Å²) in [6.07, 6.45) is 2.23. The Kier molecular flexibility index (Phi) is 8.53. The van der Waals surface area contributed by atoms with E-state index in [9.17, 15) is 4.79 Å². The van der Waals surface area contributed by atoms with Crippen LogP contribution in [0.5, 0.6) is 5.75 Å². The van der Waals surface area contributed by atoms with Crippen LogP contribution in [0.4, 0.5) is 0 Å². The Hall–Kier alpha value is -1.30. The van der Waals surface area contributed by atoms with Gasteiger partial charge in [0.2, 0.25) is 0 Å². The molecule has 0 aliphatic carbocycles. The highest BCUT2D eigenvalue weighted by Gasteiger charge is 2.23. The zero-order valence-electron chi connectivity index (χ0n) is 14.8. The van der Waals surface area contributed by atoms with E-state index in [0.29, 0.717) is 6.04 Å². The van der Waals surface area contributed by atoms with Gasteiger partial charge in [0.25, 0.3) is 0 Å². The van der Waals surface area contributed by atoms with Crippen LogP contribution in [-0.4, -0.2) is 59.7 Å². The number of carboxylic acid groups (broad SMARTS) is 1. The molecule has 1 saturated heterocycles. The molecule has 136 valence electrons. The number of ether oxygens (including phenoxy) is 1. The lowest BCUT2D eigenvalue weighted by Crippen LogP contribution is -2.44. The van der Waals surface area contributed by atoms with E-state index in [4.69, 9.17) is 9.84 Å². The second-order valence-corrected chi connectivity index (χ2v) is 6.63. The van der Waals surface area contributed by atoms with Crippen molar-refractivity contribution in [3.05, 3.63) is 29.8 Å². The molecule has 6 heteroatoms. The second-order valence-electron chi connectivity index (χ2n) is 6.63. The van der Waals surface area contributed by atoms with Crippen molar-refractivity contribution in [1.82, 2.24) is 9.80 Å². The number of likely N-dealkylation sites (tertiary alicyclic amines) is 1. The van der Waals surface area contributed by atoms with Crippen LogP contribution in [-0.2, 0) is 11.3 Å². The summed E-state index contributed by atoms with van der Waals surface area (Å²) in [5, 5.41) is 8.89. The molecule has 1 aromatic carbocycles. The summed E-state index contributed by atoms with van der Waals surface area (Å²) in [7, 11) is 1.90. The van der Waals surface area contributed by atoms with E-state index in [1.165, 1.54) is 5.56 Å². The Morgan fingerprint density at radius 2 is 2.04 bits per heavy atom. The zero-order chi connectivity index (χ0) is 16.8. The standard InChI is InChI=1S/C18H28N2O3.ClH/c1-14(2)23-17-6-4-5-15(11-17)12-20-9-7-16(8-10-20)19(3)13-18(21)22;/h4-6,11,14,16H,7-10,12-13H2,1-3H3,(H,21,22);1H. The van der Waals surface area contributed by atoms with Crippen molar-refractivity contribution >= 4 is 18.4 Å². The van der Waals surface area contributed by atoms with Gasteiger partial charge in [-0.2, -0.15) is 0 Å². The molecule has 0 amide bonds. The zero-order valence-corrected chi connectivity index (χ0v) is 15.6. The van der Waals surface area contributed by atoms with Gasteiger partial charge in [-0.25, -0.2) is 0 Å². The monoisotopic (exact) mass is 356 g/mol. The number of benzene rings is 1. The molecule has 2 rings (SSSR count). The van der Waals surface area contributed by atoms with E-state index in [1.54, 1.807) is 0 Å². The molecular formula is C18H29ClN2O3. The molecule has 1 aromatic rings. The predicted octanol–water partition coefficient (Wildman–Crippen LogP) is 2.88. The fraction of sp³-hybridized carbons (Fsp3) is 0.611. The van der Waals surface area contributed by atoms with Gasteiger partial charge in [0.15, 0.2) is 0 Å². The lowest BCUT2D eigenvalue weighted by molar-refractivity contribution is -0.138. The molecule has 24 heavy (non-hydrogen) atoms. The Morgan fingerprint density at radius 1 is 1.38 bits per heavy atom. The van der Waals surface area contributed by atoms with Gasteiger partial charge in [-0.15, -0.1) is 12.4 Å². The summed E-state index contributed by atoms with van der Waals surface area (Å²) < 4.78 is 5.75. The molecule has 1 aliphatic heterocycles. The van der Waals surface area contributed by atoms with Crippen LogP contribution in [0.1, 0.15) is 32.3 Å². The number of piperidine rings is 1. The van der Waals surface area contributed by atoms with Crippen LogP contribution in [0.3, 0.4) is 0 Å². The van der Waals surface area contributed by atoms with E-state index >= 15 is 0 Å². The third-order valence-corrected chi connectivity index (χ3v) is 4.24. The van der Waals surface area contributed by atoms with Crippen LogP contribution < -0.4 is 4.74 Å². The molecular weight excluding hydrogens is 328 g/mol. The van der Waals surface area contributed by atoms with Gasteiger partial charge in [0.1, 0.15) is 5.75 Å². The van der Waals surface area contributed by atoms with E-state index in [0.717, 1.165) is 38.2 Å². The molecule has 0 radical (unpaired) electrons. The number of carboxylic acids is 1. The van der Waals surface area contributed by atoms with Crippen molar-refractivity contribution in [2.45, 2.75) is 45.4 Å². The molecule has 1 fully saturated rings. The van der Waals surface area contributed by atoms with Crippen LogP contribution in [0.25, 0.3) is 0 Å². The average Bonchev–Trinajstić information content (AvgIpc) is 2.47. The van der Waals surface area contributed by atoms with Gasteiger partial charge in [-0.3, -0.25) is 14.6 Å². The third kappa shape index (κ3) is 6.67. The first kappa shape index (κ1) is 20.7. The maximum atomic E-state index is 10.8. The van der Waals surface area contributed by atoms with Crippen molar-refractivity contribution in [1.29, 1.82) is 0 Å². The summed E-state index contributed by atoms with van der Waals surface area (Å²) in [5.74, 6) is 0.172. The van der Waals surface area contributed by atoms with Gasteiger partial charge >= 0.3 is 5.97 Å². The molecule has 0 spiro atoms. The Balaban J connectivity index is 0.00000288. The number of halogens is 1. The van der Waals surface area contributed by atoms with Crippen molar-refractivity contribution in [2.75, 3.05) is 26.7 Å². The Morgan fingerprint density at radius 3 is 2.62 bits per heavy atom. The maximum Gasteiger partial charge on any atom is 0.317 e. The van der Waals surface area contributed by atoms with Crippen LogP contribution in [0.2, 0.25) is 0 Å². The summed E-state index contributed by atoms with van der Waals surface area (Å²) in [5.41, 5.74) is 1.26. The molecule has 1 aliphatic rings. The highest BCUT2D eigenvalue weighted by Crippen LogP contribution is 2.20. The number of carbonyl (C=O) groups is 1. The number of likely N-dealkylation sites (N-methyl/N-ethyl adjacent to an activating group) is 1. The van der Waals surface area contributed by atoms with Gasteiger partial charge in [0.05, 0.1) is 12.6 Å². The number of hydrogen-bond acceptors (Lipinski definition) is 4. The summed E-state index contributed by atoms with van der Waals surface area (Å²) in [4.78, 5) is 15.2. The summed E-state index contributed by atoms with van der Waals surface area (Å²) in [6, 6.07) is 8.66. The number of hydrogen-bond donors (Lipinski definition) is 1. The summed E-state index contributed by atoms with van der Waals surface area (Å²) in [6.45, 7) is 7.12. The molecule has 0 bridgehead atoms. The van der Waals surface area contributed by atoms with Gasteiger partial charge < -0.3 is 9.84 Å². The highest BCUT2D eigenvalue weighted by molar-refractivity contribution is 5.85. The van der Waals surface area contributed by atoms with Crippen molar-refractivity contribution in [3.8, 4) is 5.75 Å². The normalized spacial score (nSPS) is 16.2. The van der Waals surface area contributed by atoms with E-state index in [-0.39, 0.29) is 25.1 Å². The van der Waals surface area contributed by atoms with Crippen LogP contribution in [0.15, 0.2) is 24.3 Å². The average molecular weight is 357 g/mol. The molecule has 0 aromatic heterocycles. The molecule has 5 nitrogen and oxygen atoms in total. The smallest absolute Gasteiger partial charge is 0.317 e. The van der Waals surface area contributed by atoms with E-state index in [1.807, 2.05) is 37.9 Å². The minimum atomic E-state index is -0.753. The van der Waals surface area contributed by atoms with E-state index in [2.05, 4.69) is 17.0 Å². The number of nitrogens with zero attached hydrogens (tertiary/aromatic N) is 2. The van der Waals surface area contributed by atoms with Crippen molar-refractivity contribution in [2.24, 2.45) is 0 Å². The molecule has 1 N–H and O–H groups in total.